The van der Waals surface area contributed by atoms with Crippen molar-refractivity contribution in [3.8, 4) is 0 Å². The van der Waals surface area contributed by atoms with E-state index in [1.165, 1.54) is 0 Å². The van der Waals surface area contributed by atoms with Crippen LogP contribution < -0.4 is 16.0 Å². The van der Waals surface area contributed by atoms with E-state index < -0.39 is 4.92 Å². The maximum absolute atomic E-state index is 11.4. The van der Waals surface area contributed by atoms with E-state index in [1.54, 1.807) is 7.11 Å². The summed E-state index contributed by atoms with van der Waals surface area (Å²) in [6.45, 7) is 6.69. The van der Waals surface area contributed by atoms with E-state index in [1.807, 2.05) is 4.90 Å². The van der Waals surface area contributed by atoms with Crippen molar-refractivity contribution in [3.05, 3.63) is 10.1 Å². The molecule has 1 aliphatic heterocycles. The Morgan fingerprint density at radius 1 is 1.39 bits per heavy atom. The predicted octanol–water partition coefficient (Wildman–Crippen LogP) is 1.51. The van der Waals surface area contributed by atoms with E-state index >= 15 is 0 Å². The first-order valence-electron chi connectivity index (χ1n) is 7.72. The lowest BCUT2D eigenvalue weighted by Gasteiger charge is -2.35. The molecule has 1 saturated heterocycles. The lowest BCUT2D eigenvalue weighted by Crippen LogP contribution is -2.39. The molecule has 0 unspecified atom stereocenters. The molecule has 128 valence electrons. The average Bonchev–Trinajstić information content (AvgIpc) is 2.45. The molecule has 1 aromatic heterocycles. The number of nitrogens with two attached hydrogens (primary N) is 1. The summed E-state index contributed by atoms with van der Waals surface area (Å²) >= 11 is 0. The third kappa shape index (κ3) is 4.19. The minimum absolute atomic E-state index is 0.120. The molecule has 0 aromatic carbocycles. The lowest BCUT2D eigenvalue weighted by atomic mass is 9.92. The summed E-state index contributed by atoms with van der Waals surface area (Å²) in [4.78, 5) is 21.2. The molecule has 0 aliphatic carbocycles. The smallest absolute Gasteiger partial charge is 0.353 e. The molecular formula is C14H24N6O3. The van der Waals surface area contributed by atoms with E-state index in [0.717, 1.165) is 19.5 Å². The van der Waals surface area contributed by atoms with E-state index in [-0.39, 0.29) is 17.5 Å². The van der Waals surface area contributed by atoms with Crippen LogP contribution in [0.3, 0.4) is 0 Å². The van der Waals surface area contributed by atoms with Crippen molar-refractivity contribution in [1.29, 1.82) is 0 Å². The molecule has 1 aliphatic rings. The highest BCUT2D eigenvalue weighted by atomic mass is 16.6. The topological polar surface area (TPSA) is 119 Å². The van der Waals surface area contributed by atoms with Crippen molar-refractivity contribution < 1.29 is 9.66 Å². The Kier molecular flexibility index (Phi) is 5.54. The van der Waals surface area contributed by atoms with Crippen LogP contribution in [0.1, 0.15) is 20.3 Å². The van der Waals surface area contributed by atoms with Gasteiger partial charge in [0, 0.05) is 26.7 Å². The second-order valence-corrected chi connectivity index (χ2v) is 6.13. The molecule has 1 aromatic rings. The number of anilines is 3. The van der Waals surface area contributed by atoms with Gasteiger partial charge in [-0.25, -0.2) is 0 Å². The second kappa shape index (κ2) is 7.40. The molecule has 2 atom stereocenters. The Balaban J connectivity index is 2.35. The predicted molar refractivity (Wildman–Crippen MR) is 88.6 cm³/mol. The minimum Gasteiger partial charge on any atom is -0.383 e. The molecule has 0 saturated carbocycles. The number of nitrogens with zero attached hydrogens (tertiary/aromatic N) is 4. The van der Waals surface area contributed by atoms with E-state index in [0.29, 0.717) is 30.8 Å². The Bertz CT molecular complexity index is 558. The van der Waals surface area contributed by atoms with E-state index in [9.17, 15) is 10.1 Å². The van der Waals surface area contributed by atoms with Crippen molar-refractivity contribution in [3.63, 3.8) is 0 Å². The Labute approximate surface area is 135 Å². The fraction of sp³-hybridized carbons (Fsp3) is 0.714. The largest absolute Gasteiger partial charge is 0.383 e. The molecule has 2 heterocycles. The quantitative estimate of drug-likeness (QED) is 0.459. The molecule has 1 fully saturated rings. The van der Waals surface area contributed by atoms with E-state index in [2.05, 4.69) is 29.1 Å². The summed E-state index contributed by atoms with van der Waals surface area (Å²) in [5.41, 5.74) is 5.59. The van der Waals surface area contributed by atoms with Crippen LogP contribution in [0.5, 0.6) is 0 Å². The zero-order valence-electron chi connectivity index (χ0n) is 13.8. The van der Waals surface area contributed by atoms with Gasteiger partial charge in [-0.15, -0.1) is 0 Å². The second-order valence-electron chi connectivity index (χ2n) is 6.13. The number of rotatable bonds is 6. The van der Waals surface area contributed by atoms with Crippen LogP contribution in [0, 0.1) is 22.0 Å². The number of nitrogens with one attached hydrogen (secondary N) is 1. The number of nitro groups is 1. The van der Waals surface area contributed by atoms with Gasteiger partial charge in [0.2, 0.25) is 17.6 Å². The van der Waals surface area contributed by atoms with Crippen molar-refractivity contribution in [2.45, 2.75) is 20.3 Å². The molecule has 0 spiro atoms. The molecule has 23 heavy (non-hydrogen) atoms. The fourth-order valence-electron chi connectivity index (χ4n) is 3.04. The highest BCUT2D eigenvalue weighted by molar-refractivity contribution is 5.71. The van der Waals surface area contributed by atoms with Gasteiger partial charge >= 0.3 is 5.69 Å². The number of methoxy groups -OCH3 is 1. The highest BCUT2D eigenvalue weighted by Crippen LogP contribution is 2.35. The molecule has 0 radical (unpaired) electrons. The first-order chi connectivity index (χ1) is 10.9. The van der Waals surface area contributed by atoms with E-state index in [4.69, 9.17) is 10.5 Å². The van der Waals surface area contributed by atoms with Gasteiger partial charge in [-0.3, -0.25) is 10.1 Å². The van der Waals surface area contributed by atoms with Gasteiger partial charge < -0.3 is 20.7 Å². The molecule has 9 heteroatoms. The number of hydrogen-bond acceptors (Lipinski definition) is 8. The first kappa shape index (κ1) is 17.2. The minimum atomic E-state index is -0.506. The normalized spacial score (nSPS) is 21.3. The van der Waals surface area contributed by atoms with Crippen LogP contribution in [0.15, 0.2) is 0 Å². The van der Waals surface area contributed by atoms with Crippen molar-refractivity contribution in [1.82, 2.24) is 9.97 Å². The van der Waals surface area contributed by atoms with Crippen LogP contribution in [0.2, 0.25) is 0 Å². The average molecular weight is 324 g/mol. The van der Waals surface area contributed by atoms with Gasteiger partial charge in [-0.1, -0.05) is 13.8 Å². The number of nitrogen functional groups attached to an aromatic ring is 1. The SMILES string of the molecule is COCCNc1nc(N)c([N+](=O)[O-])c(N2C[C@H](C)C[C@@H](C)C2)n1. The first-order valence-corrected chi connectivity index (χ1v) is 7.72. The number of aromatic nitrogens is 2. The van der Waals surface area contributed by atoms with Gasteiger partial charge in [0.05, 0.1) is 11.5 Å². The van der Waals surface area contributed by atoms with Crippen molar-refractivity contribution >= 4 is 23.3 Å². The van der Waals surface area contributed by atoms with Gasteiger partial charge in [-0.2, -0.15) is 9.97 Å². The van der Waals surface area contributed by atoms with Crippen molar-refractivity contribution in [2.24, 2.45) is 11.8 Å². The summed E-state index contributed by atoms with van der Waals surface area (Å²) < 4.78 is 4.96. The number of hydrogen-bond donors (Lipinski definition) is 2. The van der Waals surface area contributed by atoms with Crippen LogP contribution >= 0.6 is 0 Å². The summed E-state index contributed by atoms with van der Waals surface area (Å²) in [6.07, 6.45) is 1.10. The summed E-state index contributed by atoms with van der Waals surface area (Å²) in [6, 6.07) is 0. The molecule has 2 rings (SSSR count). The third-order valence-electron chi connectivity index (χ3n) is 3.83. The number of ether oxygens (including phenoxy) is 1. The van der Waals surface area contributed by atoms with Crippen molar-refractivity contribution in [2.75, 3.05) is 49.3 Å². The summed E-state index contributed by atoms with van der Waals surface area (Å²) in [5, 5.41) is 14.4. The Morgan fingerprint density at radius 2 is 2.04 bits per heavy atom. The molecule has 0 amide bonds. The van der Waals surface area contributed by atoms with Gasteiger partial charge in [0.1, 0.15) is 0 Å². The summed E-state index contributed by atoms with van der Waals surface area (Å²) in [5.74, 6) is 1.34. The Morgan fingerprint density at radius 3 is 2.61 bits per heavy atom. The maximum atomic E-state index is 11.4. The zero-order valence-corrected chi connectivity index (χ0v) is 13.8. The monoisotopic (exact) mass is 324 g/mol. The third-order valence-corrected chi connectivity index (χ3v) is 3.83. The summed E-state index contributed by atoms with van der Waals surface area (Å²) in [7, 11) is 1.59. The standard InChI is InChI=1S/C14H24N6O3/c1-9-6-10(2)8-19(7-9)13-11(20(21)22)12(15)17-14(18-13)16-4-5-23-3/h9-10H,4-8H2,1-3H3,(H3,15,16,17,18)/t9-,10-/m1/s1. The van der Waals surface area contributed by atoms with Crippen LogP contribution in [0.25, 0.3) is 0 Å². The van der Waals surface area contributed by atoms with Crippen LogP contribution in [-0.4, -0.2) is 48.2 Å². The molecule has 0 bridgehead atoms. The van der Waals surface area contributed by atoms with Gasteiger partial charge in [-0.05, 0) is 18.3 Å². The highest BCUT2D eigenvalue weighted by Gasteiger charge is 2.31. The number of piperidine rings is 1. The van der Waals surface area contributed by atoms with Crippen LogP contribution in [-0.2, 0) is 4.74 Å². The molecule has 9 nitrogen and oxygen atoms in total. The maximum Gasteiger partial charge on any atom is 0.353 e. The molecule has 3 N–H and O–H groups in total. The van der Waals surface area contributed by atoms with Gasteiger partial charge in [0.25, 0.3) is 0 Å². The zero-order chi connectivity index (χ0) is 17.0. The lowest BCUT2D eigenvalue weighted by molar-refractivity contribution is -0.383. The molecular weight excluding hydrogens is 300 g/mol. The fourth-order valence-corrected chi connectivity index (χ4v) is 3.04. The van der Waals surface area contributed by atoms with Crippen LogP contribution in [0.4, 0.5) is 23.3 Å². The van der Waals surface area contributed by atoms with Gasteiger partial charge in [0.15, 0.2) is 0 Å². The Hall–Kier alpha value is -2.16.